The average molecular weight is 351 g/mol. The molecule has 0 aliphatic rings. The third-order valence-corrected chi connectivity index (χ3v) is 3.14. The molecule has 2 rings (SSSR count). The summed E-state index contributed by atoms with van der Waals surface area (Å²) in [6.45, 7) is -0.212. The van der Waals surface area contributed by atoms with E-state index < -0.39 is 17.6 Å². The maximum atomic E-state index is 12.6. The van der Waals surface area contributed by atoms with Gasteiger partial charge in [-0.25, -0.2) is 5.43 Å². The van der Waals surface area contributed by atoms with Crippen molar-refractivity contribution in [2.45, 2.75) is 6.18 Å². The highest BCUT2D eigenvalue weighted by molar-refractivity contribution is 5.84. The van der Waals surface area contributed by atoms with Gasteiger partial charge in [-0.3, -0.25) is 4.79 Å². The van der Waals surface area contributed by atoms with Crippen molar-refractivity contribution in [2.75, 3.05) is 19.0 Å². The normalized spacial score (nSPS) is 11.4. The molecule has 8 heteroatoms. The van der Waals surface area contributed by atoms with Crippen molar-refractivity contribution in [3.8, 4) is 5.75 Å². The number of hydrazone groups is 1. The van der Waals surface area contributed by atoms with Crippen LogP contribution in [-0.2, 0) is 11.0 Å². The van der Waals surface area contributed by atoms with E-state index in [-0.39, 0.29) is 12.2 Å². The van der Waals surface area contributed by atoms with Gasteiger partial charge in [-0.15, -0.1) is 0 Å². The van der Waals surface area contributed by atoms with Crippen molar-refractivity contribution in [3.63, 3.8) is 0 Å². The Morgan fingerprint density at radius 2 is 1.96 bits per heavy atom. The van der Waals surface area contributed by atoms with Gasteiger partial charge in [-0.1, -0.05) is 18.2 Å². The molecule has 0 spiro atoms. The number of methoxy groups -OCH3 is 1. The fraction of sp³-hybridized carbons (Fsp3) is 0.176. The van der Waals surface area contributed by atoms with E-state index in [9.17, 15) is 18.0 Å². The van der Waals surface area contributed by atoms with Crippen LogP contribution in [0.4, 0.5) is 18.9 Å². The van der Waals surface area contributed by atoms with Gasteiger partial charge in [0.1, 0.15) is 5.75 Å². The topological polar surface area (TPSA) is 62.7 Å². The van der Waals surface area contributed by atoms with Gasteiger partial charge in [0.15, 0.2) is 0 Å². The number of carbonyl (C=O) groups excluding carboxylic acids is 1. The standard InChI is InChI=1S/C17H16F3N3O2/c1-25-15-7-2-4-12(8-15)10-22-23-16(24)11-21-14-6-3-5-13(9-14)17(18,19)20/h2-10,21H,11H2,1H3,(H,23,24)/b22-10+. The van der Waals surface area contributed by atoms with Crippen LogP contribution in [0, 0.1) is 0 Å². The molecule has 132 valence electrons. The van der Waals surface area contributed by atoms with Gasteiger partial charge in [-0.05, 0) is 35.9 Å². The van der Waals surface area contributed by atoms with Crippen LogP contribution in [0.3, 0.4) is 0 Å². The van der Waals surface area contributed by atoms with Crippen LogP contribution in [0.2, 0.25) is 0 Å². The number of ether oxygens (including phenoxy) is 1. The molecular formula is C17H16F3N3O2. The number of hydrogen-bond donors (Lipinski definition) is 2. The zero-order valence-electron chi connectivity index (χ0n) is 13.3. The molecule has 5 nitrogen and oxygen atoms in total. The fourth-order valence-corrected chi connectivity index (χ4v) is 1.93. The summed E-state index contributed by atoms with van der Waals surface area (Å²) in [5.41, 5.74) is 2.43. The van der Waals surface area contributed by atoms with Gasteiger partial charge in [0.05, 0.1) is 25.4 Å². The number of alkyl halides is 3. The molecule has 2 aromatic carbocycles. The second kappa shape index (κ2) is 8.18. The van der Waals surface area contributed by atoms with Crippen LogP contribution in [0.25, 0.3) is 0 Å². The molecule has 1 amide bonds. The number of carbonyl (C=O) groups is 1. The van der Waals surface area contributed by atoms with Crippen molar-refractivity contribution in [3.05, 3.63) is 59.7 Å². The lowest BCUT2D eigenvalue weighted by Crippen LogP contribution is -2.26. The van der Waals surface area contributed by atoms with Gasteiger partial charge in [0.2, 0.25) is 0 Å². The number of rotatable bonds is 6. The smallest absolute Gasteiger partial charge is 0.416 e. The molecule has 0 saturated heterocycles. The summed E-state index contributed by atoms with van der Waals surface area (Å²) in [5, 5.41) is 6.40. The number of halogens is 3. The minimum absolute atomic E-state index is 0.196. The number of hydrogen-bond acceptors (Lipinski definition) is 4. The summed E-state index contributed by atoms with van der Waals surface area (Å²) in [6.07, 6.45) is -2.99. The maximum absolute atomic E-state index is 12.6. The first-order valence-electron chi connectivity index (χ1n) is 7.25. The van der Waals surface area contributed by atoms with E-state index in [2.05, 4.69) is 15.8 Å². The van der Waals surface area contributed by atoms with Crippen molar-refractivity contribution >= 4 is 17.8 Å². The molecule has 0 aliphatic carbocycles. The van der Waals surface area contributed by atoms with Crippen molar-refractivity contribution in [2.24, 2.45) is 5.10 Å². The summed E-state index contributed by atoms with van der Waals surface area (Å²) in [5.74, 6) is 0.165. The summed E-state index contributed by atoms with van der Waals surface area (Å²) in [4.78, 5) is 11.7. The Balaban J connectivity index is 1.85. The second-order valence-corrected chi connectivity index (χ2v) is 5.00. The molecule has 0 heterocycles. The maximum Gasteiger partial charge on any atom is 0.416 e. The zero-order valence-corrected chi connectivity index (χ0v) is 13.3. The van der Waals surface area contributed by atoms with Gasteiger partial charge in [0.25, 0.3) is 5.91 Å². The molecule has 0 aliphatic heterocycles. The molecule has 0 atom stereocenters. The summed E-state index contributed by atoms with van der Waals surface area (Å²) in [7, 11) is 1.54. The van der Waals surface area contributed by atoms with Gasteiger partial charge >= 0.3 is 6.18 Å². The Labute approximate surface area is 142 Å². The number of amides is 1. The van der Waals surface area contributed by atoms with E-state index in [4.69, 9.17) is 4.74 Å². The number of anilines is 1. The highest BCUT2D eigenvalue weighted by Gasteiger charge is 2.30. The van der Waals surface area contributed by atoms with Crippen LogP contribution in [0.1, 0.15) is 11.1 Å². The summed E-state index contributed by atoms with van der Waals surface area (Å²) >= 11 is 0. The van der Waals surface area contributed by atoms with E-state index in [0.29, 0.717) is 5.75 Å². The Morgan fingerprint density at radius 1 is 1.20 bits per heavy atom. The molecular weight excluding hydrogens is 335 g/mol. The van der Waals surface area contributed by atoms with Crippen LogP contribution >= 0.6 is 0 Å². The molecule has 0 aromatic heterocycles. The molecule has 0 bridgehead atoms. The average Bonchev–Trinajstić information content (AvgIpc) is 2.60. The first-order valence-corrected chi connectivity index (χ1v) is 7.25. The molecule has 0 radical (unpaired) electrons. The lowest BCUT2D eigenvalue weighted by Gasteiger charge is -2.10. The third-order valence-electron chi connectivity index (χ3n) is 3.14. The predicted molar refractivity (Wildman–Crippen MR) is 88.7 cm³/mol. The van der Waals surface area contributed by atoms with E-state index in [0.717, 1.165) is 17.7 Å². The van der Waals surface area contributed by atoms with Gasteiger partial charge < -0.3 is 10.1 Å². The van der Waals surface area contributed by atoms with Gasteiger partial charge in [-0.2, -0.15) is 18.3 Å². The highest BCUT2D eigenvalue weighted by Crippen LogP contribution is 2.30. The number of nitrogens with one attached hydrogen (secondary N) is 2. The lowest BCUT2D eigenvalue weighted by atomic mass is 10.2. The zero-order chi connectivity index (χ0) is 18.3. The van der Waals surface area contributed by atoms with Crippen LogP contribution in [-0.4, -0.2) is 25.8 Å². The number of nitrogens with zero attached hydrogens (tertiary/aromatic N) is 1. The first-order chi connectivity index (χ1) is 11.9. The minimum Gasteiger partial charge on any atom is -0.497 e. The largest absolute Gasteiger partial charge is 0.497 e. The summed E-state index contributed by atoms with van der Waals surface area (Å²) < 4.78 is 42.9. The van der Waals surface area contributed by atoms with Crippen LogP contribution in [0.15, 0.2) is 53.6 Å². The first kappa shape index (κ1) is 18.3. The molecule has 0 unspecified atom stereocenters. The van der Waals surface area contributed by atoms with E-state index in [1.54, 1.807) is 24.3 Å². The Morgan fingerprint density at radius 3 is 2.68 bits per heavy atom. The van der Waals surface area contributed by atoms with Gasteiger partial charge in [0, 0.05) is 5.69 Å². The lowest BCUT2D eigenvalue weighted by molar-refractivity contribution is -0.137. The van der Waals surface area contributed by atoms with Crippen molar-refractivity contribution in [1.82, 2.24) is 5.43 Å². The second-order valence-electron chi connectivity index (χ2n) is 5.00. The highest BCUT2D eigenvalue weighted by atomic mass is 19.4. The van der Waals surface area contributed by atoms with Crippen LogP contribution in [0.5, 0.6) is 5.75 Å². The fourth-order valence-electron chi connectivity index (χ4n) is 1.93. The molecule has 2 aromatic rings. The molecule has 25 heavy (non-hydrogen) atoms. The Bertz CT molecular complexity index is 761. The molecule has 0 fully saturated rings. The minimum atomic E-state index is -4.43. The Hall–Kier alpha value is -3.03. The van der Waals surface area contributed by atoms with E-state index >= 15 is 0 Å². The quantitative estimate of drug-likeness (QED) is 0.620. The molecule has 0 saturated carbocycles. The third kappa shape index (κ3) is 5.83. The van der Waals surface area contributed by atoms with Crippen molar-refractivity contribution < 1.29 is 22.7 Å². The van der Waals surface area contributed by atoms with E-state index in [1.807, 2.05) is 0 Å². The molecule has 2 N–H and O–H groups in total. The number of benzene rings is 2. The predicted octanol–water partition coefficient (Wildman–Crippen LogP) is 3.28. The monoisotopic (exact) mass is 351 g/mol. The SMILES string of the molecule is COc1cccc(/C=N/NC(=O)CNc2cccc(C(F)(F)F)c2)c1. The van der Waals surface area contributed by atoms with E-state index in [1.165, 1.54) is 25.5 Å². The Kier molecular flexibility index (Phi) is 5.99. The van der Waals surface area contributed by atoms with Crippen molar-refractivity contribution in [1.29, 1.82) is 0 Å². The van der Waals surface area contributed by atoms with Crippen LogP contribution < -0.4 is 15.5 Å². The summed E-state index contributed by atoms with van der Waals surface area (Å²) in [6, 6.07) is 11.7.